The molecule has 2 aromatic rings. The molecule has 0 aliphatic heterocycles. The standard InChI is InChI=1S/C15H17N3O/c1-11(13-8-5-9-17-10-13)18-15(19)14(16)12-6-3-2-4-7-12/h2-11,14H,16H2,1H3,(H,18,19)/t11-,14-/m1/s1. The summed E-state index contributed by atoms with van der Waals surface area (Å²) >= 11 is 0. The van der Waals surface area contributed by atoms with E-state index in [1.54, 1.807) is 12.4 Å². The van der Waals surface area contributed by atoms with Crippen LogP contribution in [0, 0.1) is 0 Å². The number of amides is 1. The Balaban J connectivity index is 2.02. The Hall–Kier alpha value is -2.20. The second-order valence-electron chi connectivity index (χ2n) is 4.40. The van der Waals surface area contributed by atoms with E-state index in [0.717, 1.165) is 11.1 Å². The summed E-state index contributed by atoms with van der Waals surface area (Å²) in [6, 6.07) is 12.3. The second-order valence-corrected chi connectivity index (χ2v) is 4.40. The maximum Gasteiger partial charge on any atom is 0.241 e. The number of nitrogens with zero attached hydrogens (tertiary/aromatic N) is 1. The largest absolute Gasteiger partial charge is 0.348 e. The maximum absolute atomic E-state index is 12.1. The normalized spacial score (nSPS) is 13.6. The number of nitrogens with one attached hydrogen (secondary N) is 1. The van der Waals surface area contributed by atoms with Gasteiger partial charge in [0.25, 0.3) is 0 Å². The van der Waals surface area contributed by atoms with Crippen molar-refractivity contribution in [3.05, 3.63) is 66.0 Å². The molecule has 19 heavy (non-hydrogen) atoms. The molecule has 1 aromatic heterocycles. The molecule has 4 heteroatoms. The highest BCUT2D eigenvalue weighted by Gasteiger charge is 2.17. The van der Waals surface area contributed by atoms with Crippen molar-refractivity contribution in [2.75, 3.05) is 0 Å². The summed E-state index contributed by atoms with van der Waals surface area (Å²) in [6.07, 6.45) is 3.44. The van der Waals surface area contributed by atoms with Gasteiger partial charge in [-0.05, 0) is 24.1 Å². The predicted octanol–water partition coefficient (Wildman–Crippen LogP) is 1.96. The lowest BCUT2D eigenvalue weighted by atomic mass is 10.1. The van der Waals surface area contributed by atoms with Crippen LogP contribution < -0.4 is 11.1 Å². The molecule has 0 unspecified atom stereocenters. The number of nitrogens with two attached hydrogens (primary N) is 1. The van der Waals surface area contributed by atoms with Crippen molar-refractivity contribution < 1.29 is 4.79 Å². The van der Waals surface area contributed by atoms with Gasteiger partial charge in [0.05, 0.1) is 6.04 Å². The van der Waals surface area contributed by atoms with E-state index in [-0.39, 0.29) is 11.9 Å². The molecule has 0 bridgehead atoms. The van der Waals surface area contributed by atoms with E-state index in [1.807, 2.05) is 49.4 Å². The summed E-state index contributed by atoms with van der Waals surface area (Å²) in [4.78, 5) is 16.1. The fraction of sp³-hybridized carbons (Fsp3) is 0.200. The highest BCUT2D eigenvalue weighted by Crippen LogP contribution is 2.14. The molecule has 0 spiro atoms. The smallest absolute Gasteiger partial charge is 0.241 e. The number of hydrogen-bond donors (Lipinski definition) is 2. The molecule has 3 N–H and O–H groups in total. The number of carbonyl (C=O) groups excluding carboxylic acids is 1. The van der Waals surface area contributed by atoms with E-state index in [9.17, 15) is 4.79 Å². The van der Waals surface area contributed by atoms with Crippen LogP contribution in [0.1, 0.15) is 30.1 Å². The molecule has 0 radical (unpaired) electrons. The van der Waals surface area contributed by atoms with Crippen molar-refractivity contribution in [2.24, 2.45) is 5.73 Å². The number of carbonyl (C=O) groups is 1. The van der Waals surface area contributed by atoms with Gasteiger partial charge in [0, 0.05) is 12.4 Å². The van der Waals surface area contributed by atoms with E-state index >= 15 is 0 Å². The third-order valence-corrected chi connectivity index (χ3v) is 2.98. The van der Waals surface area contributed by atoms with E-state index in [0.29, 0.717) is 0 Å². The zero-order valence-electron chi connectivity index (χ0n) is 10.8. The molecule has 1 heterocycles. The first-order valence-corrected chi connectivity index (χ1v) is 6.19. The molecule has 2 atom stereocenters. The number of benzene rings is 1. The third kappa shape index (κ3) is 3.39. The third-order valence-electron chi connectivity index (χ3n) is 2.98. The molecule has 0 aliphatic rings. The first-order valence-electron chi connectivity index (χ1n) is 6.19. The van der Waals surface area contributed by atoms with Crippen LogP contribution in [0.25, 0.3) is 0 Å². The second kappa shape index (κ2) is 6.11. The zero-order valence-corrected chi connectivity index (χ0v) is 10.8. The van der Waals surface area contributed by atoms with Crippen molar-refractivity contribution in [1.82, 2.24) is 10.3 Å². The Bertz CT molecular complexity index is 528. The molecule has 0 saturated carbocycles. The fourth-order valence-corrected chi connectivity index (χ4v) is 1.83. The Kier molecular flexibility index (Phi) is 4.26. The van der Waals surface area contributed by atoms with Crippen molar-refractivity contribution in [3.8, 4) is 0 Å². The summed E-state index contributed by atoms with van der Waals surface area (Å²) in [5, 5.41) is 2.89. The molecular weight excluding hydrogens is 238 g/mol. The van der Waals surface area contributed by atoms with Gasteiger partial charge in [-0.25, -0.2) is 0 Å². The molecule has 98 valence electrons. The molecule has 1 amide bonds. The lowest BCUT2D eigenvalue weighted by molar-refractivity contribution is -0.123. The summed E-state index contributed by atoms with van der Waals surface area (Å²) in [5.74, 6) is -0.192. The van der Waals surface area contributed by atoms with Crippen LogP contribution in [0.15, 0.2) is 54.9 Å². The van der Waals surface area contributed by atoms with Crippen LogP contribution in [-0.2, 0) is 4.79 Å². The fourth-order valence-electron chi connectivity index (χ4n) is 1.83. The quantitative estimate of drug-likeness (QED) is 0.877. The number of rotatable bonds is 4. The van der Waals surface area contributed by atoms with Gasteiger partial charge in [-0.15, -0.1) is 0 Å². The molecular formula is C15H17N3O. The minimum absolute atomic E-state index is 0.115. The van der Waals surface area contributed by atoms with Crippen LogP contribution in [0.2, 0.25) is 0 Å². The van der Waals surface area contributed by atoms with E-state index in [4.69, 9.17) is 5.73 Å². The van der Waals surface area contributed by atoms with Gasteiger partial charge in [0.2, 0.25) is 5.91 Å². The van der Waals surface area contributed by atoms with E-state index < -0.39 is 6.04 Å². The van der Waals surface area contributed by atoms with Gasteiger partial charge in [-0.1, -0.05) is 36.4 Å². The zero-order chi connectivity index (χ0) is 13.7. The van der Waals surface area contributed by atoms with Crippen LogP contribution in [-0.4, -0.2) is 10.9 Å². The summed E-state index contributed by atoms with van der Waals surface area (Å²) in [5.41, 5.74) is 7.70. The average Bonchev–Trinajstić information content (AvgIpc) is 2.48. The van der Waals surface area contributed by atoms with Gasteiger partial charge in [-0.2, -0.15) is 0 Å². The minimum atomic E-state index is -0.652. The van der Waals surface area contributed by atoms with Gasteiger partial charge in [-0.3, -0.25) is 9.78 Å². The van der Waals surface area contributed by atoms with Crippen molar-refractivity contribution in [3.63, 3.8) is 0 Å². The first-order chi connectivity index (χ1) is 9.18. The van der Waals surface area contributed by atoms with Crippen molar-refractivity contribution >= 4 is 5.91 Å². The molecule has 1 aromatic carbocycles. The molecule has 4 nitrogen and oxygen atoms in total. The highest BCUT2D eigenvalue weighted by atomic mass is 16.2. The topological polar surface area (TPSA) is 68.0 Å². The maximum atomic E-state index is 12.1. The van der Waals surface area contributed by atoms with E-state index in [2.05, 4.69) is 10.3 Å². The SMILES string of the molecule is C[C@@H](NC(=O)[C@H](N)c1ccccc1)c1cccnc1. The van der Waals surface area contributed by atoms with Crippen LogP contribution in [0.4, 0.5) is 0 Å². The lowest BCUT2D eigenvalue weighted by Crippen LogP contribution is -2.35. The van der Waals surface area contributed by atoms with Gasteiger partial charge < -0.3 is 11.1 Å². The Labute approximate surface area is 112 Å². The van der Waals surface area contributed by atoms with Crippen molar-refractivity contribution in [2.45, 2.75) is 19.0 Å². The number of pyridine rings is 1. The molecule has 0 aliphatic carbocycles. The Morgan fingerprint density at radius 2 is 1.84 bits per heavy atom. The monoisotopic (exact) mass is 255 g/mol. The van der Waals surface area contributed by atoms with Crippen molar-refractivity contribution in [1.29, 1.82) is 0 Å². The summed E-state index contributed by atoms with van der Waals surface area (Å²) in [7, 11) is 0. The minimum Gasteiger partial charge on any atom is -0.348 e. The number of hydrogen-bond acceptors (Lipinski definition) is 3. The molecule has 2 rings (SSSR count). The number of aromatic nitrogens is 1. The van der Waals surface area contributed by atoms with E-state index in [1.165, 1.54) is 0 Å². The summed E-state index contributed by atoms with van der Waals surface area (Å²) < 4.78 is 0. The van der Waals surface area contributed by atoms with Crippen LogP contribution >= 0.6 is 0 Å². The molecule has 0 saturated heterocycles. The highest BCUT2D eigenvalue weighted by molar-refractivity contribution is 5.83. The predicted molar refractivity (Wildman–Crippen MR) is 74.2 cm³/mol. The van der Waals surface area contributed by atoms with Gasteiger partial charge >= 0.3 is 0 Å². The first kappa shape index (κ1) is 13.2. The van der Waals surface area contributed by atoms with Gasteiger partial charge in [0.1, 0.15) is 6.04 Å². The average molecular weight is 255 g/mol. The summed E-state index contributed by atoms with van der Waals surface area (Å²) in [6.45, 7) is 1.91. The molecule has 0 fully saturated rings. The Morgan fingerprint density at radius 1 is 1.16 bits per heavy atom. The Morgan fingerprint density at radius 3 is 2.47 bits per heavy atom. The lowest BCUT2D eigenvalue weighted by Gasteiger charge is -2.17. The van der Waals surface area contributed by atoms with Gasteiger partial charge in [0.15, 0.2) is 0 Å². The van der Waals surface area contributed by atoms with Crippen LogP contribution in [0.3, 0.4) is 0 Å². The van der Waals surface area contributed by atoms with Crippen LogP contribution in [0.5, 0.6) is 0 Å².